The van der Waals surface area contributed by atoms with E-state index in [9.17, 15) is 9.59 Å². The topological polar surface area (TPSA) is 63.6 Å². The highest BCUT2D eigenvalue weighted by molar-refractivity contribution is 5.81. The van der Waals surface area contributed by atoms with E-state index in [0.29, 0.717) is 17.4 Å². The third-order valence-corrected chi connectivity index (χ3v) is 2.64. The summed E-state index contributed by atoms with van der Waals surface area (Å²) < 4.78 is 5.81. The zero-order valence-corrected chi connectivity index (χ0v) is 11.5. The number of aliphatic carboxylic acids is 1. The van der Waals surface area contributed by atoms with Crippen molar-refractivity contribution in [3.8, 4) is 0 Å². The number of hydrogen-bond acceptors (Lipinski definition) is 3. The monoisotopic (exact) mass is 258 g/mol. The highest BCUT2D eigenvalue weighted by Gasteiger charge is 2.20. The Labute approximate surface area is 109 Å². The first-order valence-corrected chi connectivity index (χ1v) is 6.13. The summed E-state index contributed by atoms with van der Waals surface area (Å²) in [5.74, 6) is -1.16. The second kappa shape index (κ2) is 7.87. The fourth-order valence-electron chi connectivity index (χ4n) is 1.89. The lowest BCUT2D eigenvalue weighted by Crippen LogP contribution is -2.46. The molecule has 0 aliphatic heterocycles. The quantitative estimate of drug-likeness (QED) is 0.294. The van der Waals surface area contributed by atoms with Gasteiger partial charge in [-0.3, -0.25) is 4.79 Å². The number of carbonyl (C=O) groups excluding carboxylic acids is 1. The lowest BCUT2D eigenvalue weighted by Gasteiger charge is -2.32. The molecule has 0 aliphatic carbocycles. The zero-order valence-electron chi connectivity index (χ0n) is 11.5. The van der Waals surface area contributed by atoms with E-state index in [2.05, 4.69) is 6.58 Å². The predicted molar refractivity (Wildman–Crippen MR) is 69.1 cm³/mol. The highest BCUT2D eigenvalue weighted by Crippen LogP contribution is 2.07. The number of rotatable bonds is 9. The number of nitrogens with zero attached hydrogens (tertiary/aromatic N) is 1. The van der Waals surface area contributed by atoms with E-state index in [0.717, 1.165) is 19.0 Å². The van der Waals surface area contributed by atoms with Crippen LogP contribution < -0.4 is 0 Å². The van der Waals surface area contributed by atoms with Crippen molar-refractivity contribution in [3.05, 3.63) is 12.7 Å². The Bertz CT molecular complexity index is 299. The number of esters is 1. The van der Waals surface area contributed by atoms with Gasteiger partial charge in [0, 0.05) is 12.5 Å². The minimum absolute atomic E-state index is 0.176. The molecule has 104 valence electrons. The van der Waals surface area contributed by atoms with Gasteiger partial charge in [-0.15, -0.1) is 0 Å². The molecule has 0 rings (SSSR count). The maximum atomic E-state index is 11.0. The van der Waals surface area contributed by atoms with Crippen LogP contribution >= 0.6 is 0 Å². The second-order valence-electron chi connectivity index (χ2n) is 5.14. The molecule has 18 heavy (non-hydrogen) atoms. The smallest absolute Gasteiger partial charge is 0.330 e. The second-order valence-corrected chi connectivity index (χ2v) is 5.14. The summed E-state index contributed by atoms with van der Waals surface area (Å²) in [5.41, 5.74) is 0. The highest BCUT2D eigenvalue weighted by atomic mass is 16.5. The summed E-state index contributed by atoms with van der Waals surface area (Å²) >= 11 is 0. The fourth-order valence-corrected chi connectivity index (χ4v) is 1.89. The number of carboxylic acid groups (broad SMARTS) is 1. The van der Waals surface area contributed by atoms with Crippen LogP contribution in [0.4, 0.5) is 0 Å². The Morgan fingerprint density at radius 3 is 2.50 bits per heavy atom. The molecular formula is C13H24NO4+. The molecule has 0 saturated heterocycles. The summed E-state index contributed by atoms with van der Waals surface area (Å²) in [4.78, 5) is 21.4. The van der Waals surface area contributed by atoms with Gasteiger partial charge in [0.2, 0.25) is 0 Å². The van der Waals surface area contributed by atoms with Crippen molar-refractivity contribution in [2.24, 2.45) is 0 Å². The summed E-state index contributed by atoms with van der Waals surface area (Å²) in [6.07, 6.45) is 2.72. The number of quaternary nitrogens is 1. The molecule has 0 fully saturated rings. The Morgan fingerprint density at radius 1 is 1.39 bits per heavy atom. The third-order valence-electron chi connectivity index (χ3n) is 2.64. The number of ether oxygens (including phenoxy) is 1. The molecule has 0 saturated carbocycles. The normalized spacial score (nSPS) is 12.8. The zero-order chi connectivity index (χ0) is 14.2. The largest absolute Gasteiger partial charge is 0.481 e. The molecule has 0 aromatic heterocycles. The Balaban J connectivity index is 3.94. The number of carboxylic acids is 1. The number of unbranched alkanes of at least 4 members (excludes halogenated alkanes) is 1. The average molecular weight is 258 g/mol. The van der Waals surface area contributed by atoms with Crippen molar-refractivity contribution in [2.45, 2.75) is 32.3 Å². The van der Waals surface area contributed by atoms with Gasteiger partial charge in [-0.1, -0.05) is 6.58 Å². The van der Waals surface area contributed by atoms with Gasteiger partial charge in [-0.05, 0) is 19.8 Å². The molecule has 5 heteroatoms. The van der Waals surface area contributed by atoms with Gasteiger partial charge in [0.1, 0.15) is 12.6 Å². The van der Waals surface area contributed by atoms with E-state index >= 15 is 0 Å². The Hall–Kier alpha value is -1.36. The van der Waals surface area contributed by atoms with E-state index in [4.69, 9.17) is 9.84 Å². The molecule has 1 atom stereocenters. The summed E-state index contributed by atoms with van der Waals surface area (Å²) in [5, 5.41) is 8.54. The molecule has 5 nitrogen and oxygen atoms in total. The standard InChI is InChI=1S/C13H23NO4/c1-5-13(17)18-11(2)10-14(3,4)9-7-6-8-12(15)16/h5,11H,1,6-10H2,2-4H3/p+1. The van der Waals surface area contributed by atoms with Crippen molar-refractivity contribution in [2.75, 3.05) is 27.2 Å². The van der Waals surface area contributed by atoms with Crippen LogP contribution in [0.15, 0.2) is 12.7 Å². The van der Waals surface area contributed by atoms with Crippen LogP contribution in [0.2, 0.25) is 0 Å². The van der Waals surface area contributed by atoms with Crippen LogP contribution in [0.5, 0.6) is 0 Å². The average Bonchev–Trinajstić information content (AvgIpc) is 2.23. The van der Waals surface area contributed by atoms with Crippen molar-refractivity contribution < 1.29 is 23.9 Å². The van der Waals surface area contributed by atoms with E-state index in [1.807, 2.05) is 21.0 Å². The molecule has 0 aromatic rings. The number of hydrogen-bond donors (Lipinski definition) is 1. The summed E-state index contributed by atoms with van der Waals surface area (Å²) in [6, 6.07) is 0. The van der Waals surface area contributed by atoms with Gasteiger partial charge < -0.3 is 14.3 Å². The van der Waals surface area contributed by atoms with Gasteiger partial charge in [0.05, 0.1) is 20.6 Å². The molecule has 0 radical (unpaired) electrons. The first-order valence-electron chi connectivity index (χ1n) is 6.13. The van der Waals surface area contributed by atoms with Crippen molar-refractivity contribution >= 4 is 11.9 Å². The molecule has 1 unspecified atom stereocenters. The van der Waals surface area contributed by atoms with Crippen molar-refractivity contribution in [1.82, 2.24) is 0 Å². The Kier molecular flexibility index (Phi) is 7.27. The van der Waals surface area contributed by atoms with Crippen LogP contribution in [0.25, 0.3) is 0 Å². The van der Waals surface area contributed by atoms with Crippen molar-refractivity contribution in [3.63, 3.8) is 0 Å². The van der Waals surface area contributed by atoms with Crippen LogP contribution in [-0.2, 0) is 14.3 Å². The predicted octanol–water partition coefficient (Wildman–Crippen LogP) is 1.44. The van der Waals surface area contributed by atoms with E-state index in [1.165, 1.54) is 0 Å². The molecule has 0 bridgehead atoms. The SMILES string of the molecule is C=CC(=O)OC(C)C[N+](C)(C)CCCCC(=O)O. The van der Waals surface area contributed by atoms with E-state index in [1.54, 1.807) is 0 Å². The van der Waals surface area contributed by atoms with Gasteiger partial charge in [-0.25, -0.2) is 4.79 Å². The summed E-state index contributed by atoms with van der Waals surface area (Å²) in [6.45, 7) is 6.76. The minimum Gasteiger partial charge on any atom is -0.481 e. The third kappa shape index (κ3) is 8.75. The van der Waals surface area contributed by atoms with Gasteiger partial charge >= 0.3 is 11.9 Å². The first kappa shape index (κ1) is 16.6. The molecule has 1 N–H and O–H groups in total. The molecule has 0 heterocycles. The van der Waals surface area contributed by atoms with Crippen LogP contribution in [0.1, 0.15) is 26.2 Å². The van der Waals surface area contributed by atoms with Crippen LogP contribution in [0.3, 0.4) is 0 Å². The van der Waals surface area contributed by atoms with Gasteiger partial charge in [0.25, 0.3) is 0 Å². The van der Waals surface area contributed by atoms with Crippen molar-refractivity contribution in [1.29, 1.82) is 0 Å². The minimum atomic E-state index is -0.756. The number of carbonyl (C=O) groups is 2. The van der Waals surface area contributed by atoms with Crippen LogP contribution in [-0.4, -0.2) is 54.8 Å². The van der Waals surface area contributed by atoms with Gasteiger partial charge in [-0.2, -0.15) is 0 Å². The lowest BCUT2D eigenvalue weighted by molar-refractivity contribution is -0.893. The van der Waals surface area contributed by atoms with Gasteiger partial charge in [0.15, 0.2) is 0 Å². The lowest BCUT2D eigenvalue weighted by atomic mass is 10.2. The molecule has 0 amide bonds. The fraction of sp³-hybridized carbons (Fsp3) is 0.692. The van der Waals surface area contributed by atoms with E-state index in [-0.39, 0.29) is 12.5 Å². The molecule has 0 spiro atoms. The Morgan fingerprint density at radius 2 is 2.00 bits per heavy atom. The maximum absolute atomic E-state index is 11.0. The molecule has 0 aliphatic rings. The molecule has 0 aromatic carbocycles. The summed E-state index contributed by atoms with van der Waals surface area (Å²) in [7, 11) is 4.08. The molecular weight excluding hydrogens is 234 g/mol. The first-order chi connectivity index (χ1) is 8.26. The van der Waals surface area contributed by atoms with E-state index < -0.39 is 11.9 Å². The van der Waals surface area contributed by atoms with Crippen LogP contribution in [0, 0.1) is 0 Å². The maximum Gasteiger partial charge on any atom is 0.330 e. The number of likely N-dealkylation sites (N-methyl/N-ethyl adjacent to an activating group) is 1.